The molecule has 8 nitrogen and oxygen atoms in total. The number of carbonyl (C=O) groups excluding carboxylic acids is 1. The smallest absolute Gasteiger partial charge is 0.320 e. The molecule has 0 aromatic carbocycles. The van der Waals surface area contributed by atoms with E-state index in [-0.39, 0.29) is 22.3 Å². The van der Waals surface area contributed by atoms with Gasteiger partial charge in [0.05, 0.1) is 17.3 Å². The molecule has 1 aliphatic rings. The Hall–Kier alpha value is -2.90. The van der Waals surface area contributed by atoms with Crippen LogP contribution < -0.4 is 16.4 Å². The molecule has 0 bridgehead atoms. The number of likely N-dealkylation sites (tertiary alicyclic amines) is 1. The summed E-state index contributed by atoms with van der Waals surface area (Å²) in [6.45, 7) is 10.3. The molecule has 1 saturated heterocycles. The summed E-state index contributed by atoms with van der Waals surface area (Å²) < 4.78 is 0. The normalized spacial score (nSPS) is 15.8. The summed E-state index contributed by atoms with van der Waals surface area (Å²) in [6, 6.07) is 1.01. The van der Waals surface area contributed by atoms with Crippen LogP contribution in [0.25, 0.3) is 0 Å². The zero-order valence-corrected chi connectivity index (χ0v) is 17.8. The second-order valence-electron chi connectivity index (χ2n) is 7.42. The van der Waals surface area contributed by atoms with Crippen molar-refractivity contribution in [3.8, 4) is 0 Å². The highest BCUT2D eigenvalue weighted by atomic mass is 16.2. The van der Waals surface area contributed by atoms with Gasteiger partial charge in [0.15, 0.2) is 0 Å². The second-order valence-corrected chi connectivity index (χ2v) is 7.42. The Balaban J connectivity index is 0. The first-order chi connectivity index (χ1) is 13.9. The highest BCUT2D eigenvalue weighted by molar-refractivity contribution is 6.03. The third-order valence-corrected chi connectivity index (χ3v) is 4.80. The van der Waals surface area contributed by atoms with Crippen LogP contribution in [0.15, 0.2) is 29.4 Å². The van der Waals surface area contributed by atoms with Crippen molar-refractivity contribution < 1.29 is 9.07 Å². The molecule has 1 atom stereocenters. The van der Waals surface area contributed by atoms with Crippen LogP contribution in [0.5, 0.6) is 0 Å². The van der Waals surface area contributed by atoms with Crippen molar-refractivity contribution in [1.82, 2.24) is 15.2 Å². The minimum absolute atomic E-state index is 0. The Morgan fingerprint density at radius 3 is 2.69 bits per heavy atom. The number of pyridine rings is 1. The molecule has 0 aliphatic carbocycles. The summed E-state index contributed by atoms with van der Waals surface area (Å²) in [6.07, 6.45) is 7.56. The predicted molar refractivity (Wildman–Crippen MR) is 126 cm³/mol. The van der Waals surface area contributed by atoms with Gasteiger partial charge in [0.2, 0.25) is 0 Å². The van der Waals surface area contributed by atoms with Gasteiger partial charge in [-0.15, -0.1) is 0 Å². The topological polar surface area (TPSA) is 119 Å². The highest BCUT2D eigenvalue weighted by Crippen LogP contribution is 2.19. The molecule has 2 heterocycles. The fourth-order valence-corrected chi connectivity index (χ4v) is 3.33. The number of allylic oxidation sites excluding steroid dienone is 1. The molecule has 1 aliphatic heterocycles. The number of hydrogen-bond acceptors (Lipinski definition) is 5. The van der Waals surface area contributed by atoms with Crippen molar-refractivity contribution in [3.05, 3.63) is 30.0 Å². The fraction of sp³-hybridized carbons (Fsp3) is 0.524. The Bertz CT molecular complexity index is 794. The van der Waals surface area contributed by atoms with E-state index in [9.17, 15) is 4.79 Å². The number of carbonyl (C=O) groups is 1. The minimum Gasteiger partial charge on any atom is -0.398 e. The van der Waals surface area contributed by atoms with Crippen LogP contribution in [0.1, 0.15) is 50.4 Å². The van der Waals surface area contributed by atoms with Crippen LogP contribution in [-0.4, -0.2) is 53.1 Å². The molecule has 2 rings (SSSR count). The number of aliphatic imine (C=N–C) groups is 1. The van der Waals surface area contributed by atoms with E-state index in [1.54, 1.807) is 12.3 Å². The molecule has 0 unspecified atom stereocenters. The van der Waals surface area contributed by atoms with Crippen LogP contribution in [0, 0.1) is 11.3 Å². The zero-order valence-electron chi connectivity index (χ0n) is 17.8. The lowest BCUT2D eigenvalue weighted by molar-refractivity contribution is 0.248. The van der Waals surface area contributed by atoms with Crippen molar-refractivity contribution in [2.75, 3.05) is 30.7 Å². The van der Waals surface area contributed by atoms with Crippen LogP contribution >= 0.6 is 0 Å². The molecule has 0 radical (unpaired) electrons. The van der Waals surface area contributed by atoms with Gasteiger partial charge in [0, 0.05) is 41.9 Å². The molecular formula is C21H39N7O. The number of rotatable bonds is 7. The first-order valence-electron chi connectivity index (χ1n) is 10.2. The number of urea groups is 1. The Labute approximate surface area is 177 Å². The van der Waals surface area contributed by atoms with Crippen molar-refractivity contribution in [2.24, 2.45) is 10.9 Å². The third kappa shape index (κ3) is 6.04. The minimum atomic E-state index is -0.369. The summed E-state index contributed by atoms with van der Waals surface area (Å²) in [5, 5.41) is 14.0. The maximum absolute atomic E-state index is 12.5. The Morgan fingerprint density at radius 2 is 2.14 bits per heavy atom. The molecule has 164 valence electrons. The quantitative estimate of drug-likeness (QED) is 0.405. The Morgan fingerprint density at radius 1 is 1.45 bits per heavy atom. The molecule has 5 N–H and O–H groups in total. The standard InChI is InChI=1S/C21H33N7O.3H2/c1-5-9-17(24-6-2)19(14(3)4)27-21(29)26-18-12-16(22)15(13-25-18)20(23)28-10-7-8-11-28;;;/h5,9,12-14,19,23H,6-8,10-11H2,1-4H3,(H4,22,25,26,27,29);3*1H/b9-5-,23-20?,24-17?;;;/t19-;;;/m0.../s1. The van der Waals surface area contributed by atoms with Gasteiger partial charge >= 0.3 is 6.03 Å². The summed E-state index contributed by atoms with van der Waals surface area (Å²) in [7, 11) is 0. The van der Waals surface area contributed by atoms with Gasteiger partial charge in [-0.2, -0.15) is 0 Å². The third-order valence-electron chi connectivity index (χ3n) is 4.80. The van der Waals surface area contributed by atoms with Crippen molar-refractivity contribution in [2.45, 2.75) is 46.6 Å². The number of nitrogens with one attached hydrogen (secondary N) is 3. The van der Waals surface area contributed by atoms with Crippen molar-refractivity contribution >= 4 is 29.1 Å². The number of aromatic nitrogens is 1. The van der Waals surface area contributed by atoms with Gasteiger partial charge < -0.3 is 16.0 Å². The van der Waals surface area contributed by atoms with E-state index in [4.69, 9.17) is 11.1 Å². The van der Waals surface area contributed by atoms with Gasteiger partial charge in [0.1, 0.15) is 11.7 Å². The second kappa shape index (κ2) is 10.6. The molecule has 0 spiro atoms. The van der Waals surface area contributed by atoms with Gasteiger partial charge in [0.25, 0.3) is 0 Å². The van der Waals surface area contributed by atoms with Crippen molar-refractivity contribution in [3.63, 3.8) is 0 Å². The molecule has 0 saturated carbocycles. The highest BCUT2D eigenvalue weighted by Gasteiger charge is 2.22. The van der Waals surface area contributed by atoms with E-state index in [0.29, 0.717) is 29.4 Å². The summed E-state index contributed by atoms with van der Waals surface area (Å²) in [4.78, 5) is 23.3. The van der Waals surface area contributed by atoms with Crippen LogP contribution in [0.3, 0.4) is 0 Å². The van der Waals surface area contributed by atoms with Crippen LogP contribution in [0.2, 0.25) is 0 Å². The summed E-state index contributed by atoms with van der Waals surface area (Å²) >= 11 is 0. The fourth-order valence-electron chi connectivity index (χ4n) is 3.33. The average molecular weight is 406 g/mol. The SMILES string of the molecule is C/C=C\C(=NCC)[C@@H](NC(=O)Nc1cc(N)c(C(=N)N2CCCC2)cn1)C(C)C.[HH].[HH].[HH]. The monoisotopic (exact) mass is 405 g/mol. The molecular weight excluding hydrogens is 366 g/mol. The maximum atomic E-state index is 12.5. The van der Waals surface area contributed by atoms with Gasteiger partial charge in [-0.3, -0.25) is 15.7 Å². The maximum Gasteiger partial charge on any atom is 0.320 e. The van der Waals surface area contributed by atoms with Gasteiger partial charge in [-0.25, -0.2) is 9.78 Å². The Kier molecular flexibility index (Phi) is 8.18. The molecule has 2 amide bonds. The molecule has 1 aromatic heterocycles. The number of nitrogens with zero attached hydrogens (tertiary/aromatic N) is 3. The van der Waals surface area contributed by atoms with E-state index in [0.717, 1.165) is 31.6 Å². The van der Waals surface area contributed by atoms with E-state index in [2.05, 4.69) is 20.6 Å². The first kappa shape index (κ1) is 22.4. The van der Waals surface area contributed by atoms with E-state index in [1.807, 2.05) is 44.7 Å². The zero-order chi connectivity index (χ0) is 21.4. The van der Waals surface area contributed by atoms with Gasteiger partial charge in [-0.05, 0) is 38.7 Å². The lowest BCUT2D eigenvalue weighted by Gasteiger charge is -2.23. The van der Waals surface area contributed by atoms with Gasteiger partial charge in [-0.1, -0.05) is 19.9 Å². The number of nitrogen functional groups attached to an aromatic ring is 1. The number of amides is 2. The molecule has 1 fully saturated rings. The molecule has 8 heteroatoms. The van der Waals surface area contributed by atoms with E-state index >= 15 is 0 Å². The first-order valence-corrected chi connectivity index (χ1v) is 10.2. The number of amidine groups is 1. The van der Waals surface area contributed by atoms with Crippen LogP contribution in [0.4, 0.5) is 16.3 Å². The van der Waals surface area contributed by atoms with Crippen LogP contribution in [-0.2, 0) is 0 Å². The van der Waals surface area contributed by atoms with Crippen molar-refractivity contribution in [1.29, 1.82) is 5.41 Å². The lowest BCUT2D eigenvalue weighted by atomic mass is 9.98. The number of anilines is 2. The molecule has 1 aromatic rings. The summed E-state index contributed by atoms with van der Waals surface area (Å²) in [5.41, 5.74) is 7.98. The van der Waals surface area contributed by atoms with E-state index < -0.39 is 0 Å². The lowest BCUT2D eigenvalue weighted by Crippen LogP contribution is -2.46. The number of nitrogens with two attached hydrogens (primary N) is 1. The van der Waals surface area contributed by atoms with E-state index in [1.165, 1.54) is 0 Å². The molecule has 29 heavy (non-hydrogen) atoms. The number of hydrogen-bond donors (Lipinski definition) is 4. The predicted octanol–water partition coefficient (Wildman–Crippen LogP) is 4.01. The largest absolute Gasteiger partial charge is 0.398 e. The average Bonchev–Trinajstić information content (AvgIpc) is 3.20. The summed E-state index contributed by atoms with van der Waals surface area (Å²) in [5.74, 6) is 0.902.